The van der Waals surface area contributed by atoms with Gasteiger partial charge < -0.3 is 20.1 Å². The zero-order valence-corrected chi connectivity index (χ0v) is 15.3. The van der Waals surface area contributed by atoms with E-state index in [4.69, 9.17) is 16.7 Å². The number of rotatable bonds is 6. The molecule has 0 radical (unpaired) electrons. The largest absolute Gasteiger partial charge is 0.466 e. The molecule has 0 fully saturated rings. The molecule has 0 aromatic heterocycles. The van der Waals surface area contributed by atoms with Gasteiger partial charge in [-0.15, -0.1) is 0 Å². The van der Waals surface area contributed by atoms with E-state index in [1.807, 2.05) is 0 Å². The molecule has 0 spiro atoms. The molecule has 0 unspecified atom stereocenters. The van der Waals surface area contributed by atoms with E-state index in [0.717, 1.165) is 6.07 Å². The third kappa shape index (κ3) is 3.91. The van der Waals surface area contributed by atoms with E-state index in [9.17, 15) is 19.7 Å². The van der Waals surface area contributed by atoms with Crippen LogP contribution in [0.2, 0.25) is 5.02 Å². The van der Waals surface area contributed by atoms with Crippen molar-refractivity contribution < 1.29 is 24.4 Å². The third-order valence-electron chi connectivity index (χ3n) is 3.45. The normalized spacial score (nSPS) is 14.1. The fourth-order valence-corrected chi connectivity index (χ4v) is 3.09. The van der Waals surface area contributed by atoms with Gasteiger partial charge in [0.25, 0.3) is 11.6 Å². The Kier molecular flexibility index (Phi) is 5.98. The molecule has 11 heteroatoms. The zero-order valence-electron chi connectivity index (χ0n) is 12.9. The number of aliphatic hydroxyl groups excluding tert-OH is 1. The van der Waals surface area contributed by atoms with Gasteiger partial charge in [0, 0.05) is 12.6 Å². The standard InChI is InChI=1S/C14H13BrClN3O6/c1-25-14(22)7-6-18(2-3-20)13(21)12(7)17-10-5-11(19(23)24)8(15)4-9(10)16/h4-5,17,20H,2-3,6H2,1H3. The number of halogens is 2. The Morgan fingerprint density at radius 2 is 2.24 bits per heavy atom. The Morgan fingerprint density at radius 3 is 2.80 bits per heavy atom. The number of β-amino-alcohol motifs (C(OH)–C–C–N with tert-alkyl or cyclic N) is 1. The van der Waals surface area contributed by atoms with Gasteiger partial charge in [0.05, 0.1) is 45.9 Å². The van der Waals surface area contributed by atoms with Crippen molar-refractivity contribution in [3.05, 3.63) is 43.0 Å². The molecule has 0 saturated heterocycles. The minimum absolute atomic E-state index is 0.0265. The summed E-state index contributed by atoms with van der Waals surface area (Å²) >= 11 is 9.11. The summed E-state index contributed by atoms with van der Waals surface area (Å²) in [5.74, 6) is -1.27. The quantitative estimate of drug-likeness (QED) is 0.397. The van der Waals surface area contributed by atoms with E-state index in [0.29, 0.717) is 0 Å². The van der Waals surface area contributed by atoms with Crippen LogP contribution >= 0.6 is 27.5 Å². The average Bonchev–Trinajstić information content (AvgIpc) is 2.86. The predicted octanol–water partition coefficient (Wildman–Crippen LogP) is 1.68. The van der Waals surface area contributed by atoms with E-state index in [2.05, 4.69) is 26.0 Å². The van der Waals surface area contributed by atoms with Gasteiger partial charge in [-0.1, -0.05) is 11.6 Å². The summed E-state index contributed by atoms with van der Waals surface area (Å²) in [5, 5.41) is 22.9. The van der Waals surface area contributed by atoms with Crippen LogP contribution in [0.3, 0.4) is 0 Å². The van der Waals surface area contributed by atoms with E-state index in [1.54, 1.807) is 0 Å². The van der Waals surface area contributed by atoms with Gasteiger partial charge in [-0.25, -0.2) is 4.79 Å². The van der Waals surface area contributed by atoms with Crippen molar-refractivity contribution in [1.29, 1.82) is 0 Å². The Morgan fingerprint density at radius 1 is 1.56 bits per heavy atom. The molecule has 1 aliphatic rings. The minimum Gasteiger partial charge on any atom is -0.466 e. The number of amides is 1. The highest BCUT2D eigenvalue weighted by Crippen LogP contribution is 2.35. The maximum Gasteiger partial charge on any atom is 0.337 e. The number of nitro groups is 1. The molecular weight excluding hydrogens is 422 g/mol. The second kappa shape index (κ2) is 7.81. The molecule has 134 valence electrons. The highest BCUT2D eigenvalue weighted by atomic mass is 79.9. The number of hydrogen-bond donors (Lipinski definition) is 2. The molecule has 1 amide bonds. The fraction of sp³-hybridized carbons (Fsp3) is 0.286. The minimum atomic E-state index is -0.723. The van der Waals surface area contributed by atoms with Crippen molar-refractivity contribution in [2.75, 3.05) is 32.1 Å². The number of aliphatic hydroxyl groups is 1. The summed E-state index contributed by atoms with van der Waals surface area (Å²) in [6.45, 7) is -0.304. The molecule has 2 rings (SSSR count). The van der Waals surface area contributed by atoms with E-state index in [1.165, 1.54) is 18.1 Å². The topological polar surface area (TPSA) is 122 Å². The molecule has 1 aliphatic heterocycles. The zero-order chi connectivity index (χ0) is 18.7. The number of esters is 1. The molecule has 1 aromatic carbocycles. The summed E-state index contributed by atoms with van der Waals surface area (Å²) in [6, 6.07) is 2.46. The first-order valence-electron chi connectivity index (χ1n) is 6.92. The number of nitro benzene ring substituents is 1. The Hall–Kier alpha value is -2.17. The summed E-state index contributed by atoms with van der Waals surface area (Å²) in [5.41, 5.74) is -0.224. The number of nitrogens with one attached hydrogen (secondary N) is 1. The van der Waals surface area contributed by atoms with Crippen LogP contribution in [0.15, 0.2) is 27.9 Å². The Bertz CT molecular complexity index is 782. The summed E-state index contributed by atoms with van der Waals surface area (Å²) < 4.78 is 4.84. The number of nitrogens with zero attached hydrogens (tertiary/aromatic N) is 2. The number of benzene rings is 1. The van der Waals surface area contributed by atoms with E-state index >= 15 is 0 Å². The molecular formula is C14H13BrClN3O6. The van der Waals surface area contributed by atoms with Crippen LogP contribution in [0.25, 0.3) is 0 Å². The van der Waals surface area contributed by atoms with Gasteiger partial charge in [0.2, 0.25) is 0 Å². The first-order valence-corrected chi connectivity index (χ1v) is 8.09. The molecule has 0 saturated carbocycles. The van der Waals surface area contributed by atoms with Gasteiger partial charge >= 0.3 is 5.97 Å². The van der Waals surface area contributed by atoms with Crippen molar-refractivity contribution in [3.63, 3.8) is 0 Å². The van der Waals surface area contributed by atoms with Crippen LogP contribution in [-0.2, 0) is 14.3 Å². The van der Waals surface area contributed by atoms with Crippen molar-refractivity contribution in [1.82, 2.24) is 4.90 Å². The summed E-state index contributed by atoms with van der Waals surface area (Å²) in [6.07, 6.45) is 0. The Balaban J connectivity index is 2.45. The summed E-state index contributed by atoms with van der Waals surface area (Å²) in [4.78, 5) is 36.0. The molecule has 25 heavy (non-hydrogen) atoms. The monoisotopic (exact) mass is 433 g/mol. The maximum absolute atomic E-state index is 12.4. The number of ether oxygens (including phenoxy) is 1. The second-order valence-electron chi connectivity index (χ2n) is 4.96. The first-order chi connectivity index (χ1) is 11.8. The number of hydrogen-bond acceptors (Lipinski definition) is 7. The molecule has 9 nitrogen and oxygen atoms in total. The average molecular weight is 435 g/mol. The number of carbonyl (C=O) groups excluding carboxylic acids is 2. The lowest BCUT2D eigenvalue weighted by atomic mass is 10.2. The maximum atomic E-state index is 12.4. The molecule has 1 aromatic rings. The lowest BCUT2D eigenvalue weighted by molar-refractivity contribution is -0.385. The summed E-state index contributed by atoms with van der Waals surface area (Å²) in [7, 11) is 1.17. The number of anilines is 1. The van der Waals surface area contributed by atoms with Crippen LogP contribution in [-0.4, -0.2) is 53.6 Å². The molecule has 2 N–H and O–H groups in total. The van der Waals surface area contributed by atoms with Gasteiger partial charge in [0.1, 0.15) is 5.70 Å². The lowest BCUT2D eigenvalue weighted by Gasteiger charge is -2.15. The van der Waals surface area contributed by atoms with E-state index in [-0.39, 0.29) is 51.8 Å². The smallest absolute Gasteiger partial charge is 0.337 e. The SMILES string of the molecule is COC(=O)C1=C(Nc2cc([N+](=O)[O-])c(Br)cc2Cl)C(=O)N(CCO)C1. The van der Waals surface area contributed by atoms with Crippen molar-refractivity contribution in [2.45, 2.75) is 0 Å². The molecule has 0 atom stereocenters. The Labute approximate surface area is 155 Å². The van der Waals surface area contributed by atoms with Gasteiger partial charge in [-0.2, -0.15) is 0 Å². The lowest BCUT2D eigenvalue weighted by Crippen LogP contribution is -2.31. The first kappa shape index (κ1) is 19.2. The third-order valence-corrected chi connectivity index (χ3v) is 4.39. The van der Waals surface area contributed by atoms with Crippen LogP contribution < -0.4 is 5.32 Å². The number of carbonyl (C=O) groups is 2. The predicted molar refractivity (Wildman–Crippen MR) is 92.1 cm³/mol. The van der Waals surface area contributed by atoms with Gasteiger partial charge in [0.15, 0.2) is 0 Å². The second-order valence-corrected chi connectivity index (χ2v) is 6.22. The van der Waals surface area contributed by atoms with E-state index < -0.39 is 16.8 Å². The van der Waals surface area contributed by atoms with Crippen LogP contribution in [0.5, 0.6) is 0 Å². The highest BCUT2D eigenvalue weighted by molar-refractivity contribution is 9.10. The van der Waals surface area contributed by atoms with Crippen molar-refractivity contribution in [3.8, 4) is 0 Å². The fourth-order valence-electron chi connectivity index (χ4n) is 2.26. The molecule has 1 heterocycles. The van der Waals surface area contributed by atoms with Gasteiger partial charge in [-0.05, 0) is 22.0 Å². The molecule has 0 bridgehead atoms. The van der Waals surface area contributed by atoms with Crippen LogP contribution in [0.4, 0.5) is 11.4 Å². The van der Waals surface area contributed by atoms with Crippen molar-refractivity contribution >= 4 is 50.8 Å². The molecule has 0 aliphatic carbocycles. The van der Waals surface area contributed by atoms with Crippen LogP contribution in [0.1, 0.15) is 0 Å². The van der Waals surface area contributed by atoms with Crippen LogP contribution in [0, 0.1) is 10.1 Å². The number of methoxy groups -OCH3 is 1. The van der Waals surface area contributed by atoms with Gasteiger partial charge in [-0.3, -0.25) is 14.9 Å². The highest BCUT2D eigenvalue weighted by Gasteiger charge is 2.35. The van der Waals surface area contributed by atoms with Crippen molar-refractivity contribution in [2.24, 2.45) is 0 Å².